The van der Waals surface area contributed by atoms with Crippen LogP contribution in [0.5, 0.6) is 0 Å². The summed E-state index contributed by atoms with van der Waals surface area (Å²) in [6.07, 6.45) is 0.793. The number of alkyl halides is 3. The number of rotatable bonds is 3. The Morgan fingerprint density at radius 1 is 1.04 bits per heavy atom. The Morgan fingerprint density at radius 2 is 1.78 bits per heavy atom. The average molecular weight is 376 g/mol. The van der Waals surface area contributed by atoms with Crippen LogP contribution in [0.2, 0.25) is 0 Å². The van der Waals surface area contributed by atoms with Gasteiger partial charge in [-0.3, -0.25) is 0 Å². The largest absolute Gasteiger partial charge is 0.416 e. The van der Waals surface area contributed by atoms with Gasteiger partial charge >= 0.3 is 6.18 Å². The first kappa shape index (κ1) is 18.2. The third-order valence-electron chi connectivity index (χ3n) is 5.49. The topological polar surface area (TPSA) is 41.0 Å². The number of likely N-dealkylation sites (N-methyl/N-ethyl adjacent to an activating group) is 1. The number of nitrogens with one attached hydrogen (secondary N) is 1. The molecule has 1 aliphatic heterocycles. The summed E-state index contributed by atoms with van der Waals surface area (Å²) in [5.74, 6) is 0.846. The second-order valence-corrected chi connectivity index (χ2v) is 7.53. The summed E-state index contributed by atoms with van der Waals surface area (Å²) in [6.45, 7) is 2.10. The second kappa shape index (κ2) is 7.11. The Balaban J connectivity index is 1.61. The first-order chi connectivity index (χ1) is 12.9. The van der Waals surface area contributed by atoms with E-state index in [1.54, 1.807) is 0 Å². The fraction of sp³-hybridized carbons (Fsp3) is 0.500. The zero-order chi connectivity index (χ0) is 19.0. The summed E-state index contributed by atoms with van der Waals surface area (Å²) in [4.78, 5) is 2.31. The molecule has 0 saturated carbocycles. The molecule has 4 rings (SSSR count). The third kappa shape index (κ3) is 3.78. The minimum absolute atomic E-state index is 0.361. The van der Waals surface area contributed by atoms with Crippen molar-refractivity contribution in [2.45, 2.75) is 44.3 Å². The molecule has 0 bridgehead atoms. The van der Waals surface area contributed by atoms with E-state index in [0.717, 1.165) is 68.7 Å². The van der Waals surface area contributed by atoms with E-state index in [1.807, 2.05) is 0 Å². The SMILES string of the molecule is CN1CCC[C@@H](Nc2nnc(-c3ccc(C(F)(F)F)cc3)c3c2CCC3)C1. The summed E-state index contributed by atoms with van der Waals surface area (Å²) >= 11 is 0. The molecule has 0 amide bonds. The highest BCUT2D eigenvalue weighted by Gasteiger charge is 2.30. The van der Waals surface area contributed by atoms with Gasteiger partial charge in [0, 0.05) is 23.7 Å². The van der Waals surface area contributed by atoms with Crippen molar-refractivity contribution < 1.29 is 13.2 Å². The van der Waals surface area contributed by atoms with E-state index >= 15 is 0 Å². The highest BCUT2D eigenvalue weighted by Crippen LogP contribution is 2.36. The first-order valence-electron chi connectivity index (χ1n) is 9.43. The number of halogens is 3. The molecule has 7 heteroatoms. The Kier molecular flexibility index (Phi) is 4.80. The van der Waals surface area contributed by atoms with E-state index < -0.39 is 11.7 Å². The van der Waals surface area contributed by atoms with Gasteiger partial charge in [-0.2, -0.15) is 13.2 Å². The zero-order valence-electron chi connectivity index (χ0n) is 15.3. The Morgan fingerprint density at radius 3 is 2.48 bits per heavy atom. The molecule has 0 radical (unpaired) electrons. The number of aromatic nitrogens is 2. The Hall–Kier alpha value is -2.15. The van der Waals surface area contributed by atoms with Gasteiger partial charge in [0.15, 0.2) is 5.82 Å². The van der Waals surface area contributed by atoms with Crippen molar-refractivity contribution in [2.24, 2.45) is 0 Å². The smallest absolute Gasteiger partial charge is 0.364 e. The van der Waals surface area contributed by atoms with Crippen molar-refractivity contribution in [1.82, 2.24) is 15.1 Å². The molecular weight excluding hydrogens is 353 g/mol. The lowest BCUT2D eigenvalue weighted by molar-refractivity contribution is -0.137. The predicted molar refractivity (Wildman–Crippen MR) is 98.6 cm³/mol. The first-order valence-corrected chi connectivity index (χ1v) is 9.43. The minimum Gasteiger partial charge on any atom is -0.364 e. The maximum atomic E-state index is 12.8. The van der Waals surface area contributed by atoms with Gasteiger partial charge in [-0.05, 0) is 63.4 Å². The highest BCUT2D eigenvalue weighted by atomic mass is 19.4. The van der Waals surface area contributed by atoms with Gasteiger partial charge in [-0.1, -0.05) is 12.1 Å². The monoisotopic (exact) mass is 376 g/mol. The molecule has 1 N–H and O–H groups in total. The van der Waals surface area contributed by atoms with Crippen LogP contribution < -0.4 is 5.32 Å². The van der Waals surface area contributed by atoms with Crippen LogP contribution in [0.1, 0.15) is 36.0 Å². The van der Waals surface area contributed by atoms with Crippen molar-refractivity contribution in [3.8, 4) is 11.3 Å². The lowest BCUT2D eigenvalue weighted by Crippen LogP contribution is -2.40. The molecule has 1 saturated heterocycles. The van der Waals surface area contributed by atoms with Gasteiger partial charge in [-0.15, -0.1) is 10.2 Å². The molecule has 2 aromatic rings. The number of fused-ring (bicyclic) bond motifs is 1. The molecule has 2 aliphatic rings. The third-order valence-corrected chi connectivity index (χ3v) is 5.49. The number of nitrogens with zero attached hydrogens (tertiary/aromatic N) is 3. The lowest BCUT2D eigenvalue weighted by atomic mass is 10.0. The Labute approximate surface area is 156 Å². The average Bonchev–Trinajstić information content (AvgIpc) is 3.12. The van der Waals surface area contributed by atoms with Gasteiger partial charge in [-0.25, -0.2) is 0 Å². The van der Waals surface area contributed by atoms with Gasteiger partial charge < -0.3 is 10.2 Å². The number of hydrogen-bond acceptors (Lipinski definition) is 4. The van der Waals surface area contributed by atoms with Crippen LogP contribution in [0.15, 0.2) is 24.3 Å². The van der Waals surface area contributed by atoms with Gasteiger partial charge in [0.25, 0.3) is 0 Å². The van der Waals surface area contributed by atoms with Gasteiger partial charge in [0.2, 0.25) is 0 Å². The second-order valence-electron chi connectivity index (χ2n) is 7.53. The zero-order valence-corrected chi connectivity index (χ0v) is 15.3. The Bertz CT molecular complexity index is 817. The summed E-state index contributed by atoms with van der Waals surface area (Å²) in [5, 5.41) is 12.4. The van der Waals surface area contributed by atoms with Crippen LogP contribution in [-0.4, -0.2) is 41.3 Å². The van der Waals surface area contributed by atoms with Crippen LogP contribution in [0.25, 0.3) is 11.3 Å². The van der Waals surface area contributed by atoms with Crippen LogP contribution >= 0.6 is 0 Å². The highest BCUT2D eigenvalue weighted by molar-refractivity contribution is 5.68. The lowest BCUT2D eigenvalue weighted by Gasteiger charge is -2.31. The van der Waals surface area contributed by atoms with Gasteiger partial charge in [0.05, 0.1) is 11.3 Å². The van der Waals surface area contributed by atoms with E-state index in [4.69, 9.17) is 0 Å². The fourth-order valence-electron chi connectivity index (χ4n) is 4.13. The van der Waals surface area contributed by atoms with Crippen LogP contribution in [-0.2, 0) is 19.0 Å². The molecule has 144 valence electrons. The normalized spacial score (nSPS) is 20.5. The van der Waals surface area contributed by atoms with E-state index in [1.165, 1.54) is 17.7 Å². The number of anilines is 1. The number of likely N-dealkylation sites (tertiary alicyclic amines) is 1. The van der Waals surface area contributed by atoms with E-state index in [9.17, 15) is 13.2 Å². The number of piperidine rings is 1. The maximum absolute atomic E-state index is 12.8. The fourth-order valence-corrected chi connectivity index (χ4v) is 4.13. The minimum atomic E-state index is -4.33. The maximum Gasteiger partial charge on any atom is 0.416 e. The predicted octanol–water partition coefficient (Wildman–Crippen LogP) is 4.16. The molecule has 0 unspecified atom stereocenters. The van der Waals surface area contributed by atoms with Crippen molar-refractivity contribution in [1.29, 1.82) is 0 Å². The molecule has 27 heavy (non-hydrogen) atoms. The van der Waals surface area contributed by atoms with Crippen molar-refractivity contribution in [3.63, 3.8) is 0 Å². The van der Waals surface area contributed by atoms with E-state index in [0.29, 0.717) is 17.3 Å². The number of hydrogen-bond donors (Lipinski definition) is 1. The molecule has 4 nitrogen and oxygen atoms in total. The molecule has 1 aromatic heterocycles. The van der Waals surface area contributed by atoms with Crippen LogP contribution in [0.4, 0.5) is 19.0 Å². The van der Waals surface area contributed by atoms with Crippen molar-refractivity contribution >= 4 is 5.82 Å². The summed E-state index contributed by atoms with van der Waals surface area (Å²) in [7, 11) is 2.12. The van der Waals surface area contributed by atoms with Crippen LogP contribution in [0, 0.1) is 0 Å². The summed E-state index contributed by atoms with van der Waals surface area (Å²) < 4.78 is 38.4. The van der Waals surface area contributed by atoms with E-state index in [2.05, 4.69) is 27.5 Å². The molecule has 1 fully saturated rings. The van der Waals surface area contributed by atoms with E-state index in [-0.39, 0.29) is 0 Å². The molecule has 0 spiro atoms. The molecular formula is C20H23F3N4. The van der Waals surface area contributed by atoms with Crippen LogP contribution in [0.3, 0.4) is 0 Å². The van der Waals surface area contributed by atoms with Crippen molar-refractivity contribution in [3.05, 3.63) is 41.0 Å². The molecule has 1 aliphatic carbocycles. The summed E-state index contributed by atoms with van der Waals surface area (Å²) in [6, 6.07) is 5.58. The van der Waals surface area contributed by atoms with Crippen molar-refractivity contribution in [2.75, 3.05) is 25.5 Å². The number of benzene rings is 1. The van der Waals surface area contributed by atoms with Gasteiger partial charge in [0.1, 0.15) is 0 Å². The molecule has 1 aromatic carbocycles. The molecule has 2 heterocycles. The quantitative estimate of drug-likeness (QED) is 0.874. The summed E-state index contributed by atoms with van der Waals surface area (Å²) in [5.41, 5.74) is 3.06. The molecule has 1 atom stereocenters. The standard InChI is InChI=1S/C20H23F3N4/c1-27-11-3-4-15(12-27)24-19-17-6-2-5-16(17)18(25-26-19)13-7-9-14(10-8-13)20(21,22)23/h7-10,15H,2-6,11-12H2,1H3,(H,24,26)/t15-/m1/s1.